The molecule has 0 amide bonds. The van der Waals surface area contributed by atoms with Crippen LogP contribution < -0.4 is 5.56 Å². The number of aromatic amines is 1. The summed E-state index contributed by atoms with van der Waals surface area (Å²) in [6.45, 7) is 2.94. The van der Waals surface area contributed by atoms with Gasteiger partial charge in [0.2, 0.25) is 0 Å². The number of ether oxygens (including phenoxy) is 1. The van der Waals surface area contributed by atoms with Crippen LogP contribution in [-0.4, -0.2) is 17.6 Å². The smallest absolute Gasteiger partial charge is 0.344 e. The summed E-state index contributed by atoms with van der Waals surface area (Å²) in [5.41, 5.74) is -1.89. The number of carbonyl (C=O) groups excluding carboxylic acids is 1. The summed E-state index contributed by atoms with van der Waals surface area (Å²) in [5.74, 6) is -1.03. The molecule has 0 atom stereocenters. The zero-order valence-electron chi connectivity index (χ0n) is 8.84. The lowest BCUT2D eigenvalue weighted by molar-refractivity contribution is 0.0512. The van der Waals surface area contributed by atoms with Crippen molar-refractivity contribution in [1.82, 2.24) is 4.98 Å². The molecule has 0 spiro atoms. The normalized spacial score (nSPS) is 10.6. The number of carbonyl (C=O) groups is 1. The minimum atomic E-state index is -2.89. The molecule has 1 aromatic rings. The summed E-state index contributed by atoms with van der Waals surface area (Å²) >= 11 is 0. The summed E-state index contributed by atoms with van der Waals surface area (Å²) < 4.78 is 30.0. The van der Waals surface area contributed by atoms with Crippen LogP contribution in [0.25, 0.3) is 0 Å². The zero-order valence-corrected chi connectivity index (χ0v) is 8.84. The fraction of sp³-hybridized carbons (Fsp3) is 0.400. The number of nitrogens with one attached hydrogen (secondary N) is 1. The molecule has 0 aromatic carbocycles. The second kappa shape index (κ2) is 4.87. The Hall–Kier alpha value is -1.72. The fourth-order valence-electron chi connectivity index (χ4n) is 1.33. The van der Waals surface area contributed by atoms with Crippen LogP contribution in [0.2, 0.25) is 0 Å². The van der Waals surface area contributed by atoms with Gasteiger partial charge in [-0.15, -0.1) is 0 Å². The van der Waals surface area contributed by atoms with Crippen LogP contribution >= 0.6 is 0 Å². The highest BCUT2D eigenvalue weighted by Gasteiger charge is 2.24. The van der Waals surface area contributed by atoms with Crippen molar-refractivity contribution < 1.29 is 18.3 Å². The highest BCUT2D eigenvalue weighted by Crippen LogP contribution is 2.24. The monoisotopic (exact) mass is 231 g/mol. The van der Waals surface area contributed by atoms with Crippen molar-refractivity contribution in [3.8, 4) is 0 Å². The van der Waals surface area contributed by atoms with Crippen LogP contribution in [-0.2, 0) is 4.74 Å². The molecule has 0 radical (unpaired) electrons. The zero-order chi connectivity index (χ0) is 12.3. The van der Waals surface area contributed by atoms with Gasteiger partial charge in [-0.3, -0.25) is 4.79 Å². The molecule has 0 saturated carbocycles. The molecule has 0 aliphatic rings. The molecule has 1 rings (SSSR count). The first-order valence-corrected chi connectivity index (χ1v) is 4.66. The molecular formula is C10H11F2NO3. The number of aryl methyl sites for hydroxylation is 1. The van der Waals surface area contributed by atoms with Gasteiger partial charge in [0, 0.05) is 11.8 Å². The minimum absolute atomic E-state index is 0.0227. The third kappa shape index (κ3) is 2.26. The highest BCUT2D eigenvalue weighted by molar-refractivity contribution is 5.91. The largest absolute Gasteiger partial charge is 0.462 e. The number of esters is 1. The van der Waals surface area contributed by atoms with Crippen LogP contribution in [0, 0.1) is 6.92 Å². The van der Waals surface area contributed by atoms with Crippen molar-refractivity contribution in [2.45, 2.75) is 20.3 Å². The second-order valence-corrected chi connectivity index (χ2v) is 3.11. The Morgan fingerprint density at radius 3 is 2.69 bits per heavy atom. The van der Waals surface area contributed by atoms with E-state index < -0.39 is 29.1 Å². The Morgan fingerprint density at radius 2 is 2.19 bits per heavy atom. The van der Waals surface area contributed by atoms with Crippen LogP contribution in [0.1, 0.15) is 34.8 Å². The first-order valence-electron chi connectivity index (χ1n) is 4.66. The van der Waals surface area contributed by atoms with Gasteiger partial charge in [-0.2, -0.15) is 0 Å². The van der Waals surface area contributed by atoms with Gasteiger partial charge in [0.1, 0.15) is 5.56 Å². The van der Waals surface area contributed by atoms with E-state index in [9.17, 15) is 18.4 Å². The number of alkyl halides is 2. The molecule has 88 valence electrons. The average Bonchev–Trinajstić information content (AvgIpc) is 2.20. The van der Waals surface area contributed by atoms with E-state index in [1.54, 1.807) is 0 Å². The Labute approximate surface area is 90.2 Å². The summed E-state index contributed by atoms with van der Waals surface area (Å²) in [6.07, 6.45) is -1.74. The Bertz CT molecular complexity index is 454. The molecule has 1 aromatic heterocycles. The van der Waals surface area contributed by atoms with E-state index in [1.165, 1.54) is 13.8 Å². The number of pyridine rings is 1. The summed E-state index contributed by atoms with van der Waals surface area (Å²) in [4.78, 5) is 24.9. The molecule has 1 heterocycles. The summed E-state index contributed by atoms with van der Waals surface area (Å²) in [6, 6.07) is 0. The maximum atomic E-state index is 12.7. The standard InChI is InChI=1S/C10H11F2NO3/c1-3-16-10(15)7-6(8(11)12)5(2)4-13-9(7)14/h4,8H,3H2,1-2H3,(H,13,14). The maximum Gasteiger partial charge on any atom is 0.344 e. The van der Waals surface area contributed by atoms with Gasteiger partial charge in [-0.1, -0.05) is 0 Å². The molecule has 4 nitrogen and oxygen atoms in total. The van der Waals surface area contributed by atoms with Gasteiger partial charge in [0.15, 0.2) is 0 Å². The van der Waals surface area contributed by atoms with E-state index in [4.69, 9.17) is 0 Å². The molecule has 1 N–H and O–H groups in total. The van der Waals surface area contributed by atoms with Crippen molar-refractivity contribution in [1.29, 1.82) is 0 Å². The fourth-order valence-corrected chi connectivity index (χ4v) is 1.33. The molecule has 0 aliphatic heterocycles. The number of aromatic nitrogens is 1. The van der Waals surface area contributed by atoms with Gasteiger partial charge in [-0.25, -0.2) is 13.6 Å². The lowest BCUT2D eigenvalue weighted by Crippen LogP contribution is -2.23. The number of halogens is 2. The predicted octanol–water partition coefficient (Wildman–Crippen LogP) is 1.80. The number of hydrogen-bond acceptors (Lipinski definition) is 3. The second-order valence-electron chi connectivity index (χ2n) is 3.11. The van der Waals surface area contributed by atoms with Gasteiger partial charge in [0.05, 0.1) is 6.61 Å². The van der Waals surface area contributed by atoms with Gasteiger partial charge in [-0.05, 0) is 19.4 Å². The van der Waals surface area contributed by atoms with E-state index in [0.29, 0.717) is 0 Å². The predicted molar refractivity (Wildman–Crippen MR) is 52.7 cm³/mol. The van der Waals surface area contributed by atoms with Crippen LogP contribution in [0.4, 0.5) is 8.78 Å². The molecule has 0 aliphatic carbocycles. The lowest BCUT2D eigenvalue weighted by Gasteiger charge is -2.09. The third-order valence-corrected chi connectivity index (χ3v) is 2.04. The van der Waals surface area contributed by atoms with E-state index in [0.717, 1.165) is 6.20 Å². The van der Waals surface area contributed by atoms with Gasteiger partial charge in [0.25, 0.3) is 12.0 Å². The van der Waals surface area contributed by atoms with Crippen molar-refractivity contribution in [3.63, 3.8) is 0 Å². The van der Waals surface area contributed by atoms with E-state index in [-0.39, 0.29) is 12.2 Å². The minimum Gasteiger partial charge on any atom is -0.462 e. The molecule has 0 unspecified atom stereocenters. The SMILES string of the molecule is CCOC(=O)c1c(C(F)F)c(C)c[nH]c1=O. The van der Waals surface area contributed by atoms with Crippen LogP contribution in [0.15, 0.2) is 11.0 Å². The molecule has 6 heteroatoms. The van der Waals surface area contributed by atoms with Gasteiger partial charge < -0.3 is 9.72 Å². The Morgan fingerprint density at radius 1 is 1.56 bits per heavy atom. The molecule has 0 saturated heterocycles. The molecular weight excluding hydrogens is 220 g/mol. The number of hydrogen-bond donors (Lipinski definition) is 1. The molecule has 0 bridgehead atoms. The summed E-state index contributed by atoms with van der Waals surface area (Å²) in [5, 5.41) is 0. The van der Waals surface area contributed by atoms with E-state index in [2.05, 4.69) is 9.72 Å². The van der Waals surface area contributed by atoms with Crippen molar-refractivity contribution >= 4 is 5.97 Å². The first-order chi connectivity index (χ1) is 7.49. The summed E-state index contributed by atoms with van der Waals surface area (Å²) in [7, 11) is 0. The highest BCUT2D eigenvalue weighted by atomic mass is 19.3. The van der Waals surface area contributed by atoms with Gasteiger partial charge >= 0.3 is 5.97 Å². The quantitative estimate of drug-likeness (QED) is 0.807. The van der Waals surface area contributed by atoms with Crippen molar-refractivity contribution in [2.24, 2.45) is 0 Å². The Kier molecular flexibility index (Phi) is 3.76. The molecule has 16 heavy (non-hydrogen) atoms. The number of H-pyrrole nitrogens is 1. The average molecular weight is 231 g/mol. The van der Waals surface area contributed by atoms with E-state index >= 15 is 0 Å². The van der Waals surface area contributed by atoms with E-state index in [1.807, 2.05) is 0 Å². The maximum absolute atomic E-state index is 12.7. The Balaban J connectivity index is 3.40. The van der Waals surface area contributed by atoms with Crippen LogP contribution in [0.3, 0.4) is 0 Å². The van der Waals surface area contributed by atoms with Crippen LogP contribution in [0.5, 0.6) is 0 Å². The third-order valence-electron chi connectivity index (χ3n) is 2.04. The number of rotatable bonds is 3. The molecule has 0 fully saturated rings. The van der Waals surface area contributed by atoms with Crippen molar-refractivity contribution in [3.05, 3.63) is 33.2 Å². The first kappa shape index (κ1) is 12.4. The lowest BCUT2D eigenvalue weighted by atomic mass is 10.1. The van der Waals surface area contributed by atoms with Crippen molar-refractivity contribution in [2.75, 3.05) is 6.61 Å². The topological polar surface area (TPSA) is 59.2 Å².